The Morgan fingerprint density at radius 3 is 2.43 bits per heavy atom. The van der Waals surface area contributed by atoms with Crippen LogP contribution in [0.1, 0.15) is 15.9 Å². The molecule has 0 aliphatic rings. The van der Waals surface area contributed by atoms with E-state index in [1.807, 2.05) is 56.6 Å². The van der Waals surface area contributed by atoms with Crippen molar-refractivity contribution in [3.8, 4) is 0 Å². The van der Waals surface area contributed by atoms with E-state index in [0.29, 0.717) is 12.1 Å². The minimum Gasteiger partial charge on any atom is -0.369 e. The van der Waals surface area contributed by atoms with E-state index in [9.17, 15) is 4.79 Å². The van der Waals surface area contributed by atoms with E-state index in [4.69, 9.17) is 0 Å². The number of nitrogens with one attached hydrogen (secondary N) is 1. The van der Waals surface area contributed by atoms with Gasteiger partial charge in [-0.05, 0) is 31.8 Å². The molecule has 0 spiro atoms. The zero-order valence-electron chi connectivity index (χ0n) is 14.0. The molecule has 0 aliphatic carbocycles. The van der Waals surface area contributed by atoms with Crippen molar-refractivity contribution in [2.24, 2.45) is 0 Å². The molecule has 1 N–H and O–H groups in total. The minimum absolute atomic E-state index is 0.0267. The predicted octanol–water partition coefficient (Wildman–Crippen LogP) is 2.33. The van der Waals surface area contributed by atoms with Crippen molar-refractivity contribution in [1.29, 1.82) is 0 Å². The summed E-state index contributed by atoms with van der Waals surface area (Å²) >= 11 is 0. The van der Waals surface area contributed by atoms with Crippen LogP contribution in [0.4, 0.5) is 5.82 Å². The first-order valence-corrected chi connectivity index (χ1v) is 7.70. The van der Waals surface area contributed by atoms with E-state index in [0.717, 1.165) is 24.5 Å². The van der Waals surface area contributed by atoms with E-state index in [1.54, 1.807) is 18.1 Å². The number of likely N-dealkylation sites (N-methyl/N-ethyl adjacent to an activating group) is 1. The van der Waals surface area contributed by atoms with Gasteiger partial charge in [-0.25, -0.2) is 4.98 Å². The van der Waals surface area contributed by atoms with Crippen LogP contribution in [-0.4, -0.2) is 54.9 Å². The van der Waals surface area contributed by atoms with E-state index < -0.39 is 0 Å². The molecule has 0 saturated heterocycles. The second-order valence-corrected chi connectivity index (χ2v) is 5.81. The van der Waals surface area contributed by atoms with Crippen LogP contribution in [0, 0.1) is 0 Å². The summed E-state index contributed by atoms with van der Waals surface area (Å²) in [5.41, 5.74) is 1.71. The lowest BCUT2D eigenvalue weighted by Gasteiger charge is -2.17. The number of pyridine rings is 1. The van der Waals surface area contributed by atoms with Gasteiger partial charge < -0.3 is 15.1 Å². The van der Waals surface area contributed by atoms with Gasteiger partial charge in [-0.1, -0.05) is 30.3 Å². The van der Waals surface area contributed by atoms with Crippen molar-refractivity contribution in [2.75, 3.05) is 39.5 Å². The largest absolute Gasteiger partial charge is 0.369 e. The monoisotopic (exact) mass is 312 g/mol. The third-order valence-electron chi connectivity index (χ3n) is 3.48. The maximum Gasteiger partial charge on any atom is 0.255 e. The Bertz CT molecular complexity index is 611. The molecule has 2 aromatic rings. The van der Waals surface area contributed by atoms with Gasteiger partial charge in [-0.3, -0.25) is 4.79 Å². The zero-order chi connectivity index (χ0) is 16.7. The summed E-state index contributed by atoms with van der Waals surface area (Å²) in [6, 6.07) is 13.6. The van der Waals surface area contributed by atoms with Gasteiger partial charge in [-0.2, -0.15) is 0 Å². The summed E-state index contributed by atoms with van der Waals surface area (Å²) in [6.45, 7) is 2.34. The number of carbonyl (C=O) groups excluding carboxylic acids is 1. The van der Waals surface area contributed by atoms with Crippen LogP contribution in [-0.2, 0) is 6.54 Å². The van der Waals surface area contributed by atoms with Crippen molar-refractivity contribution >= 4 is 11.7 Å². The number of aromatic nitrogens is 1. The average Bonchev–Trinajstić information content (AvgIpc) is 2.55. The Hall–Kier alpha value is -2.40. The number of carbonyl (C=O) groups is 1. The Balaban J connectivity index is 1.91. The molecule has 0 bridgehead atoms. The van der Waals surface area contributed by atoms with Crippen LogP contribution >= 0.6 is 0 Å². The molecule has 0 saturated carbocycles. The number of amides is 1. The molecule has 1 amide bonds. The lowest BCUT2D eigenvalue weighted by molar-refractivity contribution is 0.0784. The molecular weight excluding hydrogens is 288 g/mol. The minimum atomic E-state index is -0.0267. The van der Waals surface area contributed by atoms with Crippen LogP contribution in [0.25, 0.3) is 0 Å². The van der Waals surface area contributed by atoms with E-state index in [2.05, 4.69) is 15.2 Å². The smallest absolute Gasteiger partial charge is 0.255 e. The van der Waals surface area contributed by atoms with Crippen molar-refractivity contribution in [3.63, 3.8) is 0 Å². The Labute approximate surface area is 137 Å². The third-order valence-corrected chi connectivity index (χ3v) is 3.48. The summed E-state index contributed by atoms with van der Waals surface area (Å²) in [6.07, 6.45) is 1.63. The summed E-state index contributed by atoms with van der Waals surface area (Å²) in [4.78, 5) is 20.5. The lowest BCUT2D eigenvalue weighted by atomic mass is 10.2. The second-order valence-electron chi connectivity index (χ2n) is 5.81. The van der Waals surface area contributed by atoms with Crippen molar-refractivity contribution in [3.05, 3.63) is 59.8 Å². The normalized spacial score (nSPS) is 10.6. The van der Waals surface area contributed by atoms with Crippen molar-refractivity contribution in [2.45, 2.75) is 6.54 Å². The van der Waals surface area contributed by atoms with Gasteiger partial charge in [0.15, 0.2) is 0 Å². The van der Waals surface area contributed by atoms with E-state index in [-0.39, 0.29) is 5.91 Å². The number of nitrogens with zero attached hydrogens (tertiary/aromatic N) is 3. The fraction of sp³-hybridized carbons (Fsp3) is 0.333. The van der Waals surface area contributed by atoms with Gasteiger partial charge in [0.25, 0.3) is 5.91 Å². The molecule has 0 unspecified atom stereocenters. The summed E-state index contributed by atoms with van der Waals surface area (Å²) in [7, 11) is 5.86. The highest BCUT2D eigenvalue weighted by Crippen LogP contribution is 2.10. The summed E-state index contributed by atoms with van der Waals surface area (Å²) < 4.78 is 0. The average molecular weight is 312 g/mol. The van der Waals surface area contributed by atoms with Gasteiger partial charge in [0.05, 0.1) is 5.56 Å². The van der Waals surface area contributed by atoms with E-state index >= 15 is 0 Å². The molecule has 0 atom stereocenters. The topological polar surface area (TPSA) is 48.5 Å². The fourth-order valence-corrected chi connectivity index (χ4v) is 2.18. The van der Waals surface area contributed by atoms with Crippen LogP contribution in [0.5, 0.6) is 0 Å². The van der Waals surface area contributed by atoms with Gasteiger partial charge in [0.2, 0.25) is 0 Å². The van der Waals surface area contributed by atoms with Crippen LogP contribution < -0.4 is 5.32 Å². The Morgan fingerprint density at radius 1 is 1.09 bits per heavy atom. The van der Waals surface area contributed by atoms with Gasteiger partial charge >= 0.3 is 0 Å². The highest BCUT2D eigenvalue weighted by molar-refractivity contribution is 5.93. The first kappa shape index (κ1) is 17.0. The Kier molecular flexibility index (Phi) is 6.11. The molecule has 122 valence electrons. The SMILES string of the molecule is CN(C)CCNc1ccc(C(=O)N(C)Cc2ccccc2)cn1. The highest BCUT2D eigenvalue weighted by atomic mass is 16.2. The molecule has 1 aromatic heterocycles. The van der Waals surface area contributed by atoms with Gasteiger partial charge in [0.1, 0.15) is 5.82 Å². The molecule has 23 heavy (non-hydrogen) atoms. The molecule has 1 heterocycles. The summed E-state index contributed by atoms with van der Waals surface area (Å²) in [5.74, 6) is 0.760. The molecule has 2 rings (SSSR count). The molecule has 0 radical (unpaired) electrons. The molecule has 0 aliphatic heterocycles. The van der Waals surface area contributed by atoms with Gasteiger partial charge in [0, 0.05) is 32.9 Å². The maximum atomic E-state index is 12.4. The molecule has 5 heteroatoms. The quantitative estimate of drug-likeness (QED) is 0.852. The van der Waals surface area contributed by atoms with Crippen LogP contribution in [0.2, 0.25) is 0 Å². The number of hydrogen-bond donors (Lipinski definition) is 1. The first-order chi connectivity index (χ1) is 11.1. The number of anilines is 1. The number of rotatable bonds is 7. The summed E-state index contributed by atoms with van der Waals surface area (Å²) in [5, 5.41) is 3.23. The highest BCUT2D eigenvalue weighted by Gasteiger charge is 2.12. The third kappa shape index (κ3) is 5.38. The van der Waals surface area contributed by atoms with Crippen LogP contribution in [0.15, 0.2) is 48.7 Å². The molecule has 0 fully saturated rings. The maximum absolute atomic E-state index is 12.4. The standard InChI is InChI=1S/C18H24N4O/c1-21(2)12-11-19-17-10-9-16(13-20-17)18(23)22(3)14-15-7-5-4-6-8-15/h4-10,13H,11-12,14H2,1-3H3,(H,19,20). The van der Waals surface area contributed by atoms with Crippen molar-refractivity contribution < 1.29 is 4.79 Å². The van der Waals surface area contributed by atoms with Crippen LogP contribution in [0.3, 0.4) is 0 Å². The zero-order valence-corrected chi connectivity index (χ0v) is 14.0. The lowest BCUT2D eigenvalue weighted by Crippen LogP contribution is -2.26. The molecular formula is C18H24N4O. The Morgan fingerprint density at radius 2 is 1.83 bits per heavy atom. The van der Waals surface area contributed by atoms with Gasteiger partial charge in [-0.15, -0.1) is 0 Å². The number of benzene rings is 1. The van der Waals surface area contributed by atoms with Crippen molar-refractivity contribution in [1.82, 2.24) is 14.8 Å². The second kappa shape index (κ2) is 8.29. The van der Waals surface area contributed by atoms with E-state index in [1.165, 1.54) is 0 Å². The predicted molar refractivity (Wildman–Crippen MR) is 93.5 cm³/mol. The first-order valence-electron chi connectivity index (χ1n) is 7.70. The molecule has 5 nitrogen and oxygen atoms in total. The fourth-order valence-electron chi connectivity index (χ4n) is 2.18. The molecule has 1 aromatic carbocycles. The number of hydrogen-bond acceptors (Lipinski definition) is 4.